The molecule has 5 nitrogen and oxygen atoms in total. The van der Waals surface area contributed by atoms with Gasteiger partial charge in [0.1, 0.15) is 11.1 Å². The normalized spacial score (nSPS) is 24.7. The summed E-state index contributed by atoms with van der Waals surface area (Å²) in [5.74, 6) is -0.0402. The van der Waals surface area contributed by atoms with E-state index in [0.29, 0.717) is 42.3 Å². The largest absolute Gasteiger partial charge is 0.307 e. The van der Waals surface area contributed by atoms with Gasteiger partial charge in [-0.1, -0.05) is 30.3 Å². The molecule has 0 radical (unpaired) electrons. The molecule has 2 heterocycles. The van der Waals surface area contributed by atoms with Crippen LogP contribution in [0.5, 0.6) is 0 Å². The number of halogens is 2. The second-order valence-electron chi connectivity index (χ2n) is 7.20. The molecule has 0 spiro atoms. The predicted octanol–water partition coefficient (Wildman–Crippen LogP) is 4.02. The maximum atomic E-state index is 14.8. The van der Waals surface area contributed by atoms with Gasteiger partial charge in [-0.3, -0.25) is 4.79 Å². The fourth-order valence-corrected chi connectivity index (χ4v) is 3.57. The molecule has 136 valence electrons. The van der Waals surface area contributed by atoms with E-state index >= 15 is 0 Å². The van der Waals surface area contributed by atoms with Crippen molar-refractivity contribution in [3.8, 4) is 0 Å². The first-order chi connectivity index (χ1) is 12.4. The van der Waals surface area contributed by atoms with Gasteiger partial charge in [-0.05, 0) is 38.2 Å². The Bertz CT molecular complexity index is 970. The SMILES string of the molecule is CC1(F)CCC(n2ncc3c(=O)[nH]c(C(F)c4ccccc4)nc32)CC1. The van der Waals surface area contributed by atoms with E-state index in [4.69, 9.17) is 0 Å². The third kappa shape index (κ3) is 3.02. The van der Waals surface area contributed by atoms with Gasteiger partial charge in [0.05, 0.1) is 12.2 Å². The van der Waals surface area contributed by atoms with Crippen molar-refractivity contribution in [3.63, 3.8) is 0 Å². The molecule has 26 heavy (non-hydrogen) atoms. The zero-order valence-corrected chi connectivity index (χ0v) is 14.5. The lowest BCUT2D eigenvalue weighted by Gasteiger charge is -2.31. The average molecular weight is 358 g/mol. The van der Waals surface area contributed by atoms with E-state index in [1.807, 2.05) is 0 Å². The molecular formula is C19H20F2N4O. The Morgan fingerprint density at radius 2 is 1.96 bits per heavy atom. The van der Waals surface area contributed by atoms with Crippen LogP contribution in [0.4, 0.5) is 8.78 Å². The molecule has 1 aromatic carbocycles. The van der Waals surface area contributed by atoms with Crippen molar-refractivity contribution in [3.05, 3.63) is 58.3 Å². The molecule has 4 rings (SSSR count). The van der Waals surface area contributed by atoms with E-state index in [2.05, 4.69) is 15.1 Å². The smallest absolute Gasteiger partial charge is 0.262 e. The van der Waals surface area contributed by atoms with Crippen LogP contribution in [0.2, 0.25) is 0 Å². The molecule has 7 heteroatoms. The van der Waals surface area contributed by atoms with Crippen molar-refractivity contribution >= 4 is 11.0 Å². The number of nitrogens with zero attached hydrogens (tertiary/aromatic N) is 3. The number of aromatic amines is 1. The lowest BCUT2D eigenvalue weighted by Crippen LogP contribution is -2.28. The van der Waals surface area contributed by atoms with Gasteiger partial charge in [0.25, 0.3) is 5.56 Å². The first-order valence-corrected chi connectivity index (χ1v) is 8.80. The summed E-state index contributed by atoms with van der Waals surface area (Å²) in [7, 11) is 0. The first-order valence-electron chi connectivity index (χ1n) is 8.80. The van der Waals surface area contributed by atoms with Crippen LogP contribution in [0.1, 0.15) is 56.2 Å². The summed E-state index contributed by atoms with van der Waals surface area (Å²) in [5.41, 5.74) is -0.796. The van der Waals surface area contributed by atoms with Crippen LogP contribution in [0.25, 0.3) is 11.0 Å². The molecule has 1 aliphatic rings. The first kappa shape index (κ1) is 16.9. The quantitative estimate of drug-likeness (QED) is 0.769. The lowest BCUT2D eigenvalue weighted by atomic mass is 9.85. The van der Waals surface area contributed by atoms with E-state index in [0.717, 1.165) is 0 Å². The van der Waals surface area contributed by atoms with Crippen LogP contribution in [0.15, 0.2) is 41.3 Å². The average Bonchev–Trinajstić information content (AvgIpc) is 3.06. The molecule has 1 unspecified atom stereocenters. The summed E-state index contributed by atoms with van der Waals surface area (Å²) >= 11 is 0. The second-order valence-corrected chi connectivity index (χ2v) is 7.20. The Labute approximate surface area is 149 Å². The summed E-state index contributed by atoms with van der Waals surface area (Å²) in [5, 5.41) is 4.61. The summed E-state index contributed by atoms with van der Waals surface area (Å²) in [6.07, 6.45) is 2.02. The highest BCUT2D eigenvalue weighted by Crippen LogP contribution is 2.37. The third-order valence-electron chi connectivity index (χ3n) is 5.16. The minimum Gasteiger partial charge on any atom is -0.307 e. The molecule has 0 saturated heterocycles. The zero-order valence-electron chi connectivity index (χ0n) is 14.5. The summed E-state index contributed by atoms with van der Waals surface area (Å²) in [6, 6.07) is 8.53. The number of hydrogen-bond acceptors (Lipinski definition) is 3. The van der Waals surface area contributed by atoms with Crippen LogP contribution in [0.3, 0.4) is 0 Å². The minimum absolute atomic E-state index is 0.0340. The summed E-state index contributed by atoms with van der Waals surface area (Å²) < 4.78 is 30.6. The molecule has 1 fully saturated rings. The van der Waals surface area contributed by atoms with Gasteiger partial charge in [0.2, 0.25) is 0 Å². The topological polar surface area (TPSA) is 63.6 Å². The fraction of sp³-hybridized carbons (Fsp3) is 0.421. The molecule has 1 saturated carbocycles. The molecule has 0 bridgehead atoms. The number of fused-ring (bicyclic) bond motifs is 1. The van der Waals surface area contributed by atoms with Gasteiger partial charge in [-0.25, -0.2) is 18.4 Å². The number of benzene rings is 1. The van der Waals surface area contributed by atoms with Gasteiger partial charge in [-0.2, -0.15) is 5.10 Å². The van der Waals surface area contributed by atoms with Crippen LogP contribution in [-0.2, 0) is 0 Å². The van der Waals surface area contributed by atoms with Crippen LogP contribution in [-0.4, -0.2) is 25.4 Å². The number of rotatable bonds is 3. The van der Waals surface area contributed by atoms with E-state index < -0.39 is 17.4 Å². The van der Waals surface area contributed by atoms with Crippen molar-refractivity contribution < 1.29 is 8.78 Å². The Kier molecular flexibility index (Phi) is 4.09. The number of H-pyrrole nitrogens is 1. The highest BCUT2D eigenvalue weighted by Gasteiger charge is 2.32. The summed E-state index contributed by atoms with van der Waals surface area (Å²) in [6.45, 7) is 1.61. The standard InChI is InChI=1S/C19H20F2N4O/c1-19(21)9-7-13(8-10-19)25-17-14(11-22-25)18(26)24-16(23-17)15(20)12-5-3-2-4-6-12/h2-6,11,13,15H,7-10H2,1H3,(H,23,24,26). The number of aromatic nitrogens is 4. The van der Waals surface area contributed by atoms with Crippen molar-refractivity contribution in [1.29, 1.82) is 0 Å². The van der Waals surface area contributed by atoms with Crippen molar-refractivity contribution in [2.75, 3.05) is 0 Å². The number of alkyl halides is 2. The van der Waals surface area contributed by atoms with Gasteiger partial charge < -0.3 is 4.98 Å². The highest BCUT2D eigenvalue weighted by molar-refractivity contribution is 5.73. The maximum absolute atomic E-state index is 14.8. The Hall–Kier alpha value is -2.57. The van der Waals surface area contributed by atoms with E-state index in [1.54, 1.807) is 41.9 Å². The molecule has 2 aromatic heterocycles. The van der Waals surface area contributed by atoms with E-state index in [1.165, 1.54) is 6.20 Å². The zero-order chi connectivity index (χ0) is 18.3. The highest BCUT2D eigenvalue weighted by atomic mass is 19.1. The van der Waals surface area contributed by atoms with Crippen LogP contribution < -0.4 is 5.56 Å². The Balaban J connectivity index is 1.73. The Morgan fingerprint density at radius 3 is 2.65 bits per heavy atom. The van der Waals surface area contributed by atoms with Crippen LogP contribution >= 0.6 is 0 Å². The summed E-state index contributed by atoms with van der Waals surface area (Å²) in [4.78, 5) is 19.2. The maximum Gasteiger partial charge on any atom is 0.262 e. The minimum atomic E-state index is -1.53. The predicted molar refractivity (Wildman–Crippen MR) is 94.6 cm³/mol. The van der Waals surface area contributed by atoms with Gasteiger partial charge >= 0.3 is 0 Å². The van der Waals surface area contributed by atoms with Gasteiger partial charge in [0, 0.05) is 0 Å². The molecule has 1 aliphatic carbocycles. The molecular weight excluding hydrogens is 338 g/mol. The lowest BCUT2D eigenvalue weighted by molar-refractivity contribution is 0.103. The van der Waals surface area contributed by atoms with E-state index in [9.17, 15) is 13.6 Å². The van der Waals surface area contributed by atoms with Gasteiger partial charge in [0.15, 0.2) is 17.6 Å². The van der Waals surface area contributed by atoms with Crippen molar-refractivity contribution in [2.24, 2.45) is 0 Å². The molecule has 0 amide bonds. The van der Waals surface area contributed by atoms with E-state index in [-0.39, 0.29) is 11.9 Å². The number of nitrogens with one attached hydrogen (secondary N) is 1. The van der Waals surface area contributed by atoms with Gasteiger partial charge in [-0.15, -0.1) is 0 Å². The van der Waals surface area contributed by atoms with Crippen molar-refractivity contribution in [2.45, 2.75) is 50.5 Å². The molecule has 3 aromatic rings. The molecule has 1 atom stereocenters. The molecule has 1 N–H and O–H groups in total. The van der Waals surface area contributed by atoms with Crippen molar-refractivity contribution in [1.82, 2.24) is 19.7 Å². The second kappa shape index (κ2) is 6.30. The monoisotopic (exact) mass is 358 g/mol. The number of hydrogen-bond donors (Lipinski definition) is 1. The molecule has 0 aliphatic heterocycles. The third-order valence-corrected chi connectivity index (χ3v) is 5.16. The van der Waals surface area contributed by atoms with Crippen LogP contribution in [0, 0.1) is 0 Å². The fourth-order valence-electron chi connectivity index (χ4n) is 3.57. The Morgan fingerprint density at radius 1 is 1.27 bits per heavy atom.